The van der Waals surface area contributed by atoms with Crippen LogP contribution in [-0.4, -0.2) is 43.8 Å². The largest absolute Gasteiger partial charge is 0.376 e. The molecule has 3 nitrogen and oxygen atoms in total. The third-order valence-corrected chi connectivity index (χ3v) is 3.66. The lowest BCUT2D eigenvalue weighted by atomic mass is 10.2. The number of ether oxygens (including phenoxy) is 1. The first-order valence-electron chi connectivity index (χ1n) is 7.82. The van der Waals surface area contributed by atoms with E-state index in [1.807, 2.05) is 0 Å². The zero-order chi connectivity index (χ0) is 14.2. The van der Waals surface area contributed by atoms with Crippen LogP contribution in [0.2, 0.25) is 0 Å². The molecule has 1 aromatic rings. The molecule has 1 unspecified atom stereocenters. The van der Waals surface area contributed by atoms with Crippen molar-refractivity contribution in [3.05, 3.63) is 35.9 Å². The van der Waals surface area contributed by atoms with E-state index in [0.29, 0.717) is 12.0 Å². The summed E-state index contributed by atoms with van der Waals surface area (Å²) in [6.45, 7) is 10.6. The normalized spacial score (nSPS) is 19.9. The van der Waals surface area contributed by atoms with Crippen LogP contribution in [0.4, 0.5) is 0 Å². The maximum atomic E-state index is 5.95. The molecular formula is C17H28N2O. The molecule has 0 amide bonds. The van der Waals surface area contributed by atoms with Gasteiger partial charge in [0.15, 0.2) is 0 Å². The fraction of sp³-hybridized carbons (Fsp3) is 0.647. The summed E-state index contributed by atoms with van der Waals surface area (Å²) in [5.41, 5.74) is 1.40. The van der Waals surface area contributed by atoms with Gasteiger partial charge in [-0.3, -0.25) is 4.90 Å². The van der Waals surface area contributed by atoms with E-state index in [2.05, 4.69) is 54.4 Å². The molecule has 20 heavy (non-hydrogen) atoms. The van der Waals surface area contributed by atoms with Crippen molar-refractivity contribution in [2.45, 2.75) is 32.9 Å². The lowest BCUT2D eigenvalue weighted by Gasteiger charge is -2.16. The van der Waals surface area contributed by atoms with Gasteiger partial charge in [-0.1, -0.05) is 44.2 Å². The molecule has 3 heteroatoms. The molecule has 1 atom stereocenters. The molecule has 1 N–H and O–H groups in total. The Morgan fingerprint density at radius 2 is 2.10 bits per heavy atom. The first-order valence-corrected chi connectivity index (χ1v) is 7.82. The summed E-state index contributed by atoms with van der Waals surface area (Å²) >= 11 is 0. The summed E-state index contributed by atoms with van der Waals surface area (Å²) in [7, 11) is 0. The predicted molar refractivity (Wildman–Crippen MR) is 83.8 cm³/mol. The van der Waals surface area contributed by atoms with Crippen molar-refractivity contribution in [2.24, 2.45) is 5.92 Å². The molecule has 112 valence electrons. The average molecular weight is 276 g/mol. The Hall–Kier alpha value is -0.900. The number of likely N-dealkylation sites (tertiary alicyclic amines) is 1. The molecule has 1 aliphatic rings. The lowest BCUT2D eigenvalue weighted by Crippen LogP contribution is -2.27. The Morgan fingerprint density at radius 3 is 2.85 bits per heavy atom. The second-order valence-electron chi connectivity index (χ2n) is 6.10. The van der Waals surface area contributed by atoms with Crippen LogP contribution < -0.4 is 5.32 Å². The maximum Gasteiger partial charge on any atom is 0.0714 e. The summed E-state index contributed by atoms with van der Waals surface area (Å²) in [6, 6.07) is 10.7. The van der Waals surface area contributed by atoms with Gasteiger partial charge < -0.3 is 10.1 Å². The zero-order valence-corrected chi connectivity index (χ0v) is 12.8. The standard InChI is InChI=1S/C17H28N2O/c1-15(2)12-18-9-11-20-17-8-10-19(14-17)13-16-6-4-3-5-7-16/h3-7,15,17-18H,8-14H2,1-2H3. The van der Waals surface area contributed by atoms with Gasteiger partial charge in [-0.05, 0) is 24.4 Å². The smallest absolute Gasteiger partial charge is 0.0714 e. The topological polar surface area (TPSA) is 24.5 Å². The average Bonchev–Trinajstić information content (AvgIpc) is 2.87. The fourth-order valence-corrected chi connectivity index (χ4v) is 2.61. The van der Waals surface area contributed by atoms with E-state index in [-0.39, 0.29) is 0 Å². The molecule has 0 bridgehead atoms. The summed E-state index contributed by atoms with van der Waals surface area (Å²) in [6.07, 6.45) is 1.58. The predicted octanol–water partition coefficient (Wildman–Crippen LogP) is 2.52. The van der Waals surface area contributed by atoms with Crippen LogP contribution in [0.3, 0.4) is 0 Å². The highest BCUT2D eigenvalue weighted by Crippen LogP contribution is 2.15. The van der Waals surface area contributed by atoms with E-state index in [1.54, 1.807) is 0 Å². The summed E-state index contributed by atoms with van der Waals surface area (Å²) < 4.78 is 5.95. The van der Waals surface area contributed by atoms with E-state index < -0.39 is 0 Å². The van der Waals surface area contributed by atoms with Gasteiger partial charge in [0.1, 0.15) is 0 Å². The first-order chi connectivity index (χ1) is 9.74. The minimum absolute atomic E-state index is 0.416. The highest BCUT2D eigenvalue weighted by molar-refractivity contribution is 5.14. The molecule has 2 rings (SSSR count). The van der Waals surface area contributed by atoms with Crippen LogP contribution >= 0.6 is 0 Å². The number of hydrogen-bond acceptors (Lipinski definition) is 3. The van der Waals surface area contributed by atoms with Crippen molar-refractivity contribution < 1.29 is 4.74 Å². The van der Waals surface area contributed by atoms with Crippen molar-refractivity contribution in [3.63, 3.8) is 0 Å². The first kappa shape index (κ1) is 15.5. The zero-order valence-electron chi connectivity index (χ0n) is 12.8. The van der Waals surface area contributed by atoms with Crippen LogP contribution in [0.15, 0.2) is 30.3 Å². The lowest BCUT2D eigenvalue weighted by molar-refractivity contribution is 0.0602. The van der Waals surface area contributed by atoms with Gasteiger partial charge in [0.2, 0.25) is 0 Å². The number of nitrogens with zero attached hydrogens (tertiary/aromatic N) is 1. The van der Waals surface area contributed by atoms with Gasteiger partial charge in [0.25, 0.3) is 0 Å². The molecule has 1 aromatic carbocycles. The van der Waals surface area contributed by atoms with E-state index in [1.165, 1.54) is 5.56 Å². The van der Waals surface area contributed by atoms with Crippen LogP contribution in [0.5, 0.6) is 0 Å². The highest BCUT2D eigenvalue weighted by Gasteiger charge is 2.22. The molecular weight excluding hydrogens is 248 g/mol. The van der Waals surface area contributed by atoms with Crippen LogP contribution in [0.1, 0.15) is 25.8 Å². The Balaban J connectivity index is 1.58. The fourth-order valence-electron chi connectivity index (χ4n) is 2.61. The Morgan fingerprint density at radius 1 is 1.30 bits per heavy atom. The minimum Gasteiger partial charge on any atom is -0.376 e. The van der Waals surface area contributed by atoms with Crippen molar-refractivity contribution in [2.75, 3.05) is 32.8 Å². The summed E-state index contributed by atoms with van der Waals surface area (Å²) in [5, 5.41) is 3.42. The van der Waals surface area contributed by atoms with Crippen LogP contribution in [-0.2, 0) is 11.3 Å². The van der Waals surface area contributed by atoms with Crippen LogP contribution in [0, 0.1) is 5.92 Å². The van der Waals surface area contributed by atoms with E-state index in [0.717, 1.165) is 45.8 Å². The van der Waals surface area contributed by atoms with Gasteiger partial charge in [-0.25, -0.2) is 0 Å². The molecule has 0 spiro atoms. The van der Waals surface area contributed by atoms with Gasteiger partial charge in [-0.2, -0.15) is 0 Å². The van der Waals surface area contributed by atoms with E-state index in [4.69, 9.17) is 4.74 Å². The third kappa shape index (κ3) is 5.61. The molecule has 1 heterocycles. The SMILES string of the molecule is CC(C)CNCCOC1CCN(Cc2ccccc2)C1. The Kier molecular flexibility index (Phi) is 6.51. The number of rotatable bonds is 8. The molecule has 0 aromatic heterocycles. The van der Waals surface area contributed by atoms with Gasteiger partial charge in [0, 0.05) is 26.2 Å². The van der Waals surface area contributed by atoms with E-state index in [9.17, 15) is 0 Å². The van der Waals surface area contributed by atoms with Gasteiger partial charge >= 0.3 is 0 Å². The molecule has 0 saturated carbocycles. The molecule has 1 fully saturated rings. The molecule has 1 aliphatic heterocycles. The van der Waals surface area contributed by atoms with E-state index >= 15 is 0 Å². The van der Waals surface area contributed by atoms with Crippen molar-refractivity contribution in [1.29, 1.82) is 0 Å². The second kappa shape index (κ2) is 8.40. The highest BCUT2D eigenvalue weighted by atomic mass is 16.5. The van der Waals surface area contributed by atoms with Crippen molar-refractivity contribution in [1.82, 2.24) is 10.2 Å². The second-order valence-corrected chi connectivity index (χ2v) is 6.10. The number of hydrogen-bond donors (Lipinski definition) is 1. The number of benzene rings is 1. The van der Waals surface area contributed by atoms with Crippen LogP contribution in [0.25, 0.3) is 0 Å². The summed E-state index contributed by atoms with van der Waals surface area (Å²) in [5.74, 6) is 0.711. The molecule has 0 radical (unpaired) electrons. The molecule has 1 saturated heterocycles. The summed E-state index contributed by atoms with van der Waals surface area (Å²) in [4.78, 5) is 2.49. The maximum absolute atomic E-state index is 5.95. The Labute approximate surface area is 123 Å². The Bertz CT molecular complexity index is 367. The van der Waals surface area contributed by atoms with Crippen molar-refractivity contribution >= 4 is 0 Å². The quantitative estimate of drug-likeness (QED) is 0.738. The minimum atomic E-state index is 0.416. The number of nitrogens with one attached hydrogen (secondary N) is 1. The van der Waals surface area contributed by atoms with Gasteiger partial charge in [0.05, 0.1) is 12.7 Å². The third-order valence-electron chi connectivity index (χ3n) is 3.66. The molecule has 0 aliphatic carbocycles. The van der Waals surface area contributed by atoms with Gasteiger partial charge in [-0.15, -0.1) is 0 Å². The monoisotopic (exact) mass is 276 g/mol. The van der Waals surface area contributed by atoms with Crippen molar-refractivity contribution in [3.8, 4) is 0 Å².